The number of carbonyl (C=O) groups excluding carboxylic acids is 1. The van der Waals surface area contributed by atoms with Crippen LogP contribution < -0.4 is 4.90 Å². The summed E-state index contributed by atoms with van der Waals surface area (Å²) in [5, 5.41) is 8.49. The number of aromatic nitrogens is 4. The van der Waals surface area contributed by atoms with Gasteiger partial charge in [-0.15, -0.1) is 0 Å². The third-order valence-corrected chi connectivity index (χ3v) is 5.70. The normalized spacial score (nSPS) is 16.2. The van der Waals surface area contributed by atoms with Crippen LogP contribution in [0.5, 0.6) is 0 Å². The molecule has 0 bridgehead atoms. The molecular weight excluding hydrogens is 435 g/mol. The average Bonchev–Trinajstić information content (AvgIpc) is 3.44. The van der Waals surface area contributed by atoms with Crippen molar-refractivity contribution in [2.45, 2.75) is 26.1 Å². The number of rotatable bonds is 3. The monoisotopic (exact) mass is 453 g/mol. The fourth-order valence-electron chi connectivity index (χ4n) is 3.95. The van der Waals surface area contributed by atoms with E-state index in [-0.39, 0.29) is 18.5 Å². The minimum absolute atomic E-state index is 0.194. The second-order valence-electron chi connectivity index (χ2n) is 7.93. The maximum Gasteiger partial charge on any atom is 0.416 e. The highest BCUT2D eigenvalue weighted by Gasteiger charge is 2.35. The zero-order valence-corrected chi connectivity index (χ0v) is 17.7. The van der Waals surface area contributed by atoms with Crippen LogP contribution >= 0.6 is 0 Å². The predicted octanol–water partition coefficient (Wildman–Crippen LogP) is 5.15. The van der Waals surface area contributed by atoms with Gasteiger partial charge in [-0.25, -0.2) is 0 Å². The van der Waals surface area contributed by atoms with Crippen molar-refractivity contribution in [3.63, 3.8) is 0 Å². The number of alkyl halides is 3. The van der Waals surface area contributed by atoms with E-state index in [0.717, 1.165) is 23.3 Å². The number of hydrogen-bond acceptors (Lipinski definition) is 5. The van der Waals surface area contributed by atoms with Crippen molar-refractivity contribution < 1.29 is 22.5 Å². The summed E-state index contributed by atoms with van der Waals surface area (Å²) in [6.45, 7) is 4.09. The summed E-state index contributed by atoms with van der Waals surface area (Å²) in [7, 11) is 0. The molecule has 168 valence electrons. The van der Waals surface area contributed by atoms with Crippen LogP contribution in [0.25, 0.3) is 22.6 Å². The highest BCUT2D eigenvalue weighted by Crippen LogP contribution is 2.35. The minimum atomic E-state index is -4.44. The van der Waals surface area contributed by atoms with E-state index in [1.165, 1.54) is 17.0 Å². The average molecular weight is 453 g/mol. The van der Waals surface area contributed by atoms with Crippen molar-refractivity contribution in [2.75, 3.05) is 11.4 Å². The molecule has 10 heteroatoms. The topological polar surface area (TPSA) is 77.1 Å². The lowest BCUT2D eigenvalue weighted by atomic mass is 10.1. The number of nitrogens with zero attached hydrogens (tertiary/aromatic N) is 5. The van der Waals surface area contributed by atoms with E-state index in [1.54, 1.807) is 29.3 Å². The predicted molar refractivity (Wildman–Crippen MR) is 114 cm³/mol. The first-order chi connectivity index (χ1) is 15.7. The summed E-state index contributed by atoms with van der Waals surface area (Å²) in [4.78, 5) is 19.0. The highest BCUT2D eigenvalue weighted by molar-refractivity contribution is 6.09. The molecule has 1 amide bonds. The van der Waals surface area contributed by atoms with Crippen LogP contribution in [0.15, 0.2) is 59.5 Å². The Morgan fingerprint density at radius 2 is 1.85 bits per heavy atom. The summed E-state index contributed by atoms with van der Waals surface area (Å²) in [5.74, 6) is 0.133. The van der Waals surface area contributed by atoms with E-state index < -0.39 is 11.7 Å². The van der Waals surface area contributed by atoms with E-state index >= 15 is 0 Å². The first-order valence-corrected chi connectivity index (χ1v) is 10.2. The van der Waals surface area contributed by atoms with Gasteiger partial charge in [0, 0.05) is 36.3 Å². The molecule has 0 N–H and O–H groups in total. The van der Waals surface area contributed by atoms with Crippen molar-refractivity contribution in [2.24, 2.45) is 0 Å². The van der Waals surface area contributed by atoms with E-state index in [2.05, 4.69) is 15.2 Å². The molecule has 4 aromatic rings. The summed E-state index contributed by atoms with van der Waals surface area (Å²) in [6, 6.07) is 7.93. The first kappa shape index (κ1) is 20.9. The van der Waals surface area contributed by atoms with Gasteiger partial charge < -0.3 is 9.42 Å². The van der Waals surface area contributed by atoms with Crippen LogP contribution in [0.4, 0.5) is 18.9 Å². The third-order valence-electron chi connectivity index (χ3n) is 5.70. The van der Waals surface area contributed by atoms with Gasteiger partial charge in [-0.2, -0.15) is 18.3 Å². The SMILES string of the molecule is Cc1ccncc1-c1cc(-c2cnn3c2C(=O)N(c2ccc(C(F)(F)F)cc2)C[C@@H]3C)no1. The molecule has 3 aromatic heterocycles. The van der Waals surface area contributed by atoms with Crippen LogP contribution in [0.1, 0.15) is 34.6 Å². The Morgan fingerprint density at radius 3 is 2.55 bits per heavy atom. The molecular formula is C23H18F3N5O2. The number of pyridine rings is 1. The number of anilines is 1. The molecule has 7 nitrogen and oxygen atoms in total. The molecule has 5 rings (SSSR count). The second-order valence-corrected chi connectivity index (χ2v) is 7.93. The molecule has 0 fully saturated rings. The molecule has 1 aliphatic rings. The molecule has 0 unspecified atom stereocenters. The molecule has 0 radical (unpaired) electrons. The Bertz CT molecular complexity index is 1340. The quantitative estimate of drug-likeness (QED) is 0.429. The van der Waals surface area contributed by atoms with Gasteiger partial charge in [-0.3, -0.25) is 14.5 Å². The molecule has 0 saturated carbocycles. The van der Waals surface area contributed by atoms with E-state index in [9.17, 15) is 18.0 Å². The Kier molecular flexibility index (Phi) is 4.80. The van der Waals surface area contributed by atoms with Gasteiger partial charge in [0.25, 0.3) is 5.91 Å². The number of fused-ring (bicyclic) bond motifs is 1. The standard InChI is InChI=1S/C23H18F3N5O2/c1-13-7-8-27-10-17(13)20-9-19(29-33-20)18-11-28-31-14(2)12-30(22(32)21(18)31)16-5-3-15(4-6-16)23(24,25)26/h3-11,14H,12H2,1-2H3/t14-/m0/s1. The third kappa shape index (κ3) is 3.57. The summed E-state index contributed by atoms with van der Waals surface area (Å²) in [5.41, 5.74) is 2.58. The number of amides is 1. The molecule has 0 saturated heterocycles. The van der Waals surface area contributed by atoms with Gasteiger partial charge in [0.05, 0.1) is 23.4 Å². The smallest absolute Gasteiger partial charge is 0.356 e. The number of aryl methyl sites for hydroxylation is 1. The van der Waals surface area contributed by atoms with Gasteiger partial charge in [0.15, 0.2) is 5.76 Å². The number of hydrogen-bond donors (Lipinski definition) is 0. The van der Waals surface area contributed by atoms with Crippen molar-refractivity contribution >= 4 is 11.6 Å². The zero-order valence-electron chi connectivity index (χ0n) is 17.7. The van der Waals surface area contributed by atoms with Crippen molar-refractivity contribution in [1.29, 1.82) is 0 Å². The first-order valence-electron chi connectivity index (χ1n) is 10.2. The van der Waals surface area contributed by atoms with Crippen LogP contribution in [0, 0.1) is 6.92 Å². The van der Waals surface area contributed by atoms with Crippen molar-refractivity contribution in [1.82, 2.24) is 19.9 Å². The largest absolute Gasteiger partial charge is 0.416 e. The molecule has 33 heavy (non-hydrogen) atoms. The van der Waals surface area contributed by atoms with Crippen LogP contribution in [0.3, 0.4) is 0 Å². The minimum Gasteiger partial charge on any atom is -0.356 e. The lowest BCUT2D eigenvalue weighted by molar-refractivity contribution is -0.137. The number of halogens is 3. The van der Waals surface area contributed by atoms with Gasteiger partial charge in [-0.1, -0.05) is 5.16 Å². The van der Waals surface area contributed by atoms with Gasteiger partial charge in [0.1, 0.15) is 11.4 Å². The lowest BCUT2D eigenvalue weighted by Gasteiger charge is -2.32. The number of carbonyl (C=O) groups is 1. The summed E-state index contributed by atoms with van der Waals surface area (Å²) in [6.07, 6.45) is 0.464. The fraction of sp³-hybridized carbons (Fsp3) is 0.217. The Labute approximate surface area is 186 Å². The fourth-order valence-corrected chi connectivity index (χ4v) is 3.95. The molecule has 1 aromatic carbocycles. The van der Waals surface area contributed by atoms with Crippen LogP contribution in [-0.4, -0.2) is 32.4 Å². The summed E-state index contributed by atoms with van der Waals surface area (Å²) >= 11 is 0. The molecule has 1 aliphatic heterocycles. The maximum absolute atomic E-state index is 13.4. The lowest BCUT2D eigenvalue weighted by Crippen LogP contribution is -2.42. The Morgan fingerprint density at radius 1 is 1.09 bits per heavy atom. The molecule has 1 atom stereocenters. The maximum atomic E-state index is 13.4. The number of benzene rings is 1. The van der Waals surface area contributed by atoms with E-state index in [1.807, 2.05) is 19.9 Å². The molecule has 0 spiro atoms. The van der Waals surface area contributed by atoms with Gasteiger partial charge in [0.2, 0.25) is 0 Å². The van der Waals surface area contributed by atoms with Crippen molar-refractivity contribution in [3.8, 4) is 22.6 Å². The van der Waals surface area contributed by atoms with E-state index in [4.69, 9.17) is 4.52 Å². The van der Waals surface area contributed by atoms with Gasteiger partial charge >= 0.3 is 6.18 Å². The van der Waals surface area contributed by atoms with E-state index in [0.29, 0.717) is 28.4 Å². The van der Waals surface area contributed by atoms with Gasteiger partial charge in [-0.05, 0) is 49.7 Å². The highest BCUT2D eigenvalue weighted by atomic mass is 19.4. The Hall–Kier alpha value is -3.95. The molecule has 4 heterocycles. The molecule has 0 aliphatic carbocycles. The van der Waals surface area contributed by atoms with Crippen molar-refractivity contribution in [3.05, 3.63) is 71.8 Å². The second kappa shape index (κ2) is 7.58. The summed E-state index contributed by atoms with van der Waals surface area (Å²) < 4.78 is 45.9. The Balaban J connectivity index is 1.51. The zero-order chi connectivity index (χ0) is 23.3. The van der Waals surface area contributed by atoms with Crippen LogP contribution in [-0.2, 0) is 6.18 Å². The van der Waals surface area contributed by atoms with Crippen LogP contribution in [0.2, 0.25) is 0 Å².